The average molecular weight is 540 g/mol. The minimum atomic E-state index is -3.71. The van der Waals surface area contributed by atoms with Gasteiger partial charge < -0.3 is 9.15 Å². The minimum Gasteiger partial charge on any atom is -0.467 e. The Balaban J connectivity index is 1.43. The van der Waals surface area contributed by atoms with Crippen LogP contribution in [0.25, 0.3) is 10.2 Å². The summed E-state index contributed by atoms with van der Waals surface area (Å²) in [5.41, 5.74) is 3.41. The van der Waals surface area contributed by atoms with E-state index in [1.165, 1.54) is 27.8 Å². The van der Waals surface area contributed by atoms with Crippen LogP contribution in [0.15, 0.2) is 64.1 Å². The number of hydrogen-bond acceptors (Lipinski definition) is 7. The van der Waals surface area contributed by atoms with Crippen LogP contribution in [0.5, 0.6) is 0 Å². The molecule has 3 heterocycles. The van der Waals surface area contributed by atoms with E-state index >= 15 is 0 Å². The third kappa shape index (κ3) is 5.33. The zero-order valence-corrected chi connectivity index (χ0v) is 22.6. The van der Waals surface area contributed by atoms with Crippen LogP contribution in [-0.4, -0.2) is 49.9 Å². The van der Waals surface area contributed by atoms with E-state index in [-0.39, 0.29) is 23.5 Å². The average Bonchev–Trinajstić information content (AvgIpc) is 3.64. The molecular formula is C27H29N3O5S2. The SMILES string of the molecule is Cc1cc(C)c2sc(N(Cc3ccco3)C(=O)c3ccc(S(=O)(=O)N(C)CC4CCCO4)cc3)nc2c1. The molecule has 0 bridgehead atoms. The molecule has 1 unspecified atom stereocenters. The van der Waals surface area contributed by atoms with Crippen LogP contribution in [-0.2, 0) is 21.3 Å². The van der Waals surface area contributed by atoms with Gasteiger partial charge in [0.25, 0.3) is 5.91 Å². The van der Waals surface area contributed by atoms with Gasteiger partial charge in [0.2, 0.25) is 10.0 Å². The first-order valence-electron chi connectivity index (χ1n) is 12.1. The number of aryl methyl sites for hydroxylation is 2. The zero-order chi connectivity index (χ0) is 26.2. The van der Waals surface area contributed by atoms with Crippen LogP contribution in [0.3, 0.4) is 0 Å². The highest BCUT2D eigenvalue weighted by Crippen LogP contribution is 2.34. The van der Waals surface area contributed by atoms with E-state index in [0.717, 1.165) is 34.2 Å². The number of rotatable bonds is 8. The van der Waals surface area contributed by atoms with Crippen LogP contribution in [0.4, 0.5) is 5.13 Å². The minimum absolute atomic E-state index is 0.0861. The number of likely N-dealkylation sites (N-methyl/N-ethyl adjacent to an activating group) is 1. The van der Waals surface area contributed by atoms with Crippen molar-refractivity contribution in [3.05, 3.63) is 77.2 Å². The molecule has 1 fully saturated rings. The molecule has 0 spiro atoms. The van der Waals surface area contributed by atoms with Gasteiger partial charge in [-0.2, -0.15) is 4.31 Å². The number of fused-ring (bicyclic) bond motifs is 1. The third-order valence-electron chi connectivity index (χ3n) is 6.47. The van der Waals surface area contributed by atoms with Gasteiger partial charge in [-0.1, -0.05) is 17.4 Å². The molecule has 37 heavy (non-hydrogen) atoms. The lowest BCUT2D eigenvalue weighted by Gasteiger charge is -2.21. The van der Waals surface area contributed by atoms with Gasteiger partial charge in [0, 0.05) is 25.8 Å². The fourth-order valence-electron chi connectivity index (χ4n) is 4.54. The smallest absolute Gasteiger partial charge is 0.260 e. The highest BCUT2D eigenvalue weighted by molar-refractivity contribution is 7.89. The monoisotopic (exact) mass is 539 g/mol. The maximum Gasteiger partial charge on any atom is 0.260 e. The Kier molecular flexibility index (Phi) is 7.17. The Labute approximate surface area is 220 Å². The number of sulfonamides is 1. The van der Waals surface area contributed by atoms with E-state index in [1.54, 1.807) is 36.4 Å². The molecule has 8 nitrogen and oxygen atoms in total. The molecule has 1 aliphatic heterocycles. The lowest BCUT2D eigenvalue weighted by molar-refractivity contribution is 0.0978. The Morgan fingerprint density at radius 3 is 2.62 bits per heavy atom. The molecule has 0 aliphatic carbocycles. The van der Waals surface area contributed by atoms with Gasteiger partial charge in [0.15, 0.2) is 5.13 Å². The molecule has 4 aromatic rings. The fourth-order valence-corrected chi connectivity index (χ4v) is 6.76. The van der Waals surface area contributed by atoms with Crippen molar-refractivity contribution in [1.82, 2.24) is 9.29 Å². The van der Waals surface area contributed by atoms with Crippen molar-refractivity contribution in [2.45, 2.75) is 44.2 Å². The molecule has 1 atom stereocenters. The van der Waals surface area contributed by atoms with Crippen LogP contribution >= 0.6 is 11.3 Å². The number of furan rings is 1. The van der Waals surface area contributed by atoms with Gasteiger partial charge in [-0.3, -0.25) is 9.69 Å². The van der Waals surface area contributed by atoms with Crippen molar-refractivity contribution < 1.29 is 22.4 Å². The molecule has 0 radical (unpaired) electrons. The molecule has 194 valence electrons. The van der Waals surface area contributed by atoms with E-state index in [2.05, 4.69) is 6.07 Å². The van der Waals surface area contributed by atoms with Crippen molar-refractivity contribution in [2.75, 3.05) is 25.1 Å². The number of carbonyl (C=O) groups excluding carboxylic acids is 1. The normalized spacial score (nSPS) is 16.1. The summed E-state index contributed by atoms with van der Waals surface area (Å²) in [5.74, 6) is 0.331. The van der Waals surface area contributed by atoms with E-state index in [4.69, 9.17) is 14.1 Å². The number of thiazole rings is 1. The topological polar surface area (TPSA) is 93.0 Å². The largest absolute Gasteiger partial charge is 0.467 e. The van der Waals surface area contributed by atoms with Gasteiger partial charge in [-0.15, -0.1) is 0 Å². The van der Waals surface area contributed by atoms with Crippen LogP contribution in [0.2, 0.25) is 0 Å². The van der Waals surface area contributed by atoms with Crippen molar-refractivity contribution >= 4 is 42.6 Å². The predicted molar refractivity (Wildman–Crippen MR) is 144 cm³/mol. The molecule has 10 heteroatoms. The fraction of sp³-hybridized carbons (Fsp3) is 0.333. The maximum absolute atomic E-state index is 13.7. The highest BCUT2D eigenvalue weighted by Gasteiger charge is 2.27. The second kappa shape index (κ2) is 10.4. The second-order valence-electron chi connectivity index (χ2n) is 9.34. The lowest BCUT2D eigenvalue weighted by Crippen LogP contribution is -2.34. The molecule has 2 aromatic carbocycles. The first-order chi connectivity index (χ1) is 17.7. The molecule has 2 aromatic heterocycles. The number of benzene rings is 2. The molecule has 5 rings (SSSR count). The van der Waals surface area contributed by atoms with Gasteiger partial charge in [-0.05, 0) is 80.3 Å². The van der Waals surface area contributed by atoms with Crippen molar-refractivity contribution in [3.8, 4) is 0 Å². The Morgan fingerprint density at radius 1 is 1.16 bits per heavy atom. The summed E-state index contributed by atoms with van der Waals surface area (Å²) < 4.78 is 39.6. The first-order valence-corrected chi connectivity index (χ1v) is 14.4. The molecule has 1 saturated heterocycles. The summed E-state index contributed by atoms with van der Waals surface area (Å²) in [6.07, 6.45) is 3.27. The predicted octanol–water partition coefficient (Wildman–Crippen LogP) is 5.15. The van der Waals surface area contributed by atoms with Crippen LogP contribution in [0.1, 0.15) is 40.1 Å². The number of aromatic nitrogens is 1. The molecular weight excluding hydrogens is 510 g/mol. The van der Waals surface area contributed by atoms with Crippen LogP contribution in [0, 0.1) is 13.8 Å². The Hall–Kier alpha value is -3.05. The van der Waals surface area contributed by atoms with Gasteiger partial charge in [0.1, 0.15) is 5.76 Å². The van der Waals surface area contributed by atoms with E-state index < -0.39 is 10.0 Å². The summed E-state index contributed by atoms with van der Waals surface area (Å²) in [4.78, 5) is 20.2. The van der Waals surface area contributed by atoms with E-state index in [9.17, 15) is 13.2 Å². The number of nitrogens with zero attached hydrogens (tertiary/aromatic N) is 3. The van der Waals surface area contributed by atoms with E-state index in [0.29, 0.717) is 29.6 Å². The summed E-state index contributed by atoms with van der Waals surface area (Å²) in [5, 5.41) is 0.554. The van der Waals surface area contributed by atoms with Crippen molar-refractivity contribution in [2.24, 2.45) is 0 Å². The third-order valence-corrected chi connectivity index (χ3v) is 9.54. The summed E-state index contributed by atoms with van der Waals surface area (Å²) in [6.45, 7) is 5.22. The number of ether oxygens (including phenoxy) is 1. The summed E-state index contributed by atoms with van der Waals surface area (Å²) in [7, 11) is -2.15. The standard InChI is InChI=1S/C27H29N3O5S2/c1-18-14-19(2)25-24(15-18)28-27(36-25)30(17-22-7-5-13-35-22)26(31)20-8-10-23(11-9-20)37(32,33)29(3)16-21-6-4-12-34-21/h5,7-11,13-15,21H,4,6,12,16-17H2,1-3H3. The van der Waals surface area contributed by atoms with Crippen molar-refractivity contribution in [3.63, 3.8) is 0 Å². The lowest BCUT2D eigenvalue weighted by atomic mass is 10.1. The number of hydrogen-bond donors (Lipinski definition) is 0. The molecule has 0 saturated carbocycles. The van der Waals surface area contributed by atoms with Crippen molar-refractivity contribution in [1.29, 1.82) is 0 Å². The summed E-state index contributed by atoms with van der Waals surface area (Å²) in [6, 6.07) is 13.7. The number of carbonyl (C=O) groups is 1. The van der Waals surface area contributed by atoms with E-state index in [1.807, 2.05) is 26.0 Å². The quantitative estimate of drug-likeness (QED) is 0.307. The maximum atomic E-state index is 13.7. The van der Waals surface area contributed by atoms with Gasteiger partial charge in [0.05, 0.1) is 34.0 Å². The highest BCUT2D eigenvalue weighted by atomic mass is 32.2. The Morgan fingerprint density at radius 2 is 1.95 bits per heavy atom. The molecule has 1 aliphatic rings. The number of amides is 1. The first kappa shape index (κ1) is 25.6. The molecule has 0 N–H and O–H groups in total. The Bertz CT molecular complexity index is 1510. The number of anilines is 1. The summed E-state index contributed by atoms with van der Waals surface area (Å²) >= 11 is 1.45. The van der Waals surface area contributed by atoms with Gasteiger partial charge >= 0.3 is 0 Å². The second-order valence-corrected chi connectivity index (χ2v) is 12.4. The zero-order valence-electron chi connectivity index (χ0n) is 21.0. The van der Waals surface area contributed by atoms with Gasteiger partial charge in [-0.25, -0.2) is 13.4 Å². The van der Waals surface area contributed by atoms with Crippen LogP contribution < -0.4 is 4.90 Å². The molecule has 1 amide bonds.